The third-order valence-corrected chi connectivity index (χ3v) is 5.27. The maximum absolute atomic E-state index is 13.0. The highest BCUT2D eigenvalue weighted by molar-refractivity contribution is 5.80. The lowest BCUT2D eigenvalue weighted by Crippen LogP contribution is -2.48. The number of ether oxygens (including phenoxy) is 1. The summed E-state index contributed by atoms with van der Waals surface area (Å²) in [5.74, 6) is 1.37. The van der Waals surface area contributed by atoms with Crippen molar-refractivity contribution in [2.75, 3.05) is 52.9 Å². The van der Waals surface area contributed by atoms with Gasteiger partial charge in [0, 0.05) is 26.2 Å². The first-order chi connectivity index (χ1) is 13.4. The summed E-state index contributed by atoms with van der Waals surface area (Å²) in [5, 5.41) is 3.32. The molecule has 5 nitrogen and oxygen atoms in total. The van der Waals surface area contributed by atoms with Crippen molar-refractivity contribution < 1.29 is 17.9 Å². The van der Waals surface area contributed by atoms with Gasteiger partial charge in [-0.1, -0.05) is 12.1 Å². The zero-order valence-corrected chi connectivity index (χ0v) is 16.5. The molecule has 8 heteroatoms. The van der Waals surface area contributed by atoms with Gasteiger partial charge in [-0.15, -0.1) is 0 Å². The predicted octanol–water partition coefficient (Wildman–Crippen LogP) is 3.00. The molecular weight excluding hydrogens is 369 g/mol. The van der Waals surface area contributed by atoms with Gasteiger partial charge >= 0.3 is 6.18 Å². The molecule has 156 valence electrons. The number of benzene rings is 1. The molecule has 2 heterocycles. The van der Waals surface area contributed by atoms with E-state index in [1.54, 1.807) is 6.07 Å². The van der Waals surface area contributed by atoms with Crippen LogP contribution in [0.1, 0.15) is 30.6 Å². The lowest BCUT2D eigenvalue weighted by molar-refractivity contribution is -0.137. The Balaban J connectivity index is 1.69. The molecular formula is C20H29F3N4O. The molecule has 2 aliphatic rings. The van der Waals surface area contributed by atoms with E-state index in [1.165, 1.54) is 12.1 Å². The lowest BCUT2D eigenvalue weighted by Gasteiger charge is -2.35. The zero-order chi connectivity index (χ0) is 20.1. The molecule has 1 aromatic rings. The average molecular weight is 398 g/mol. The second kappa shape index (κ2) is 9.13. The van der Waals surface area contributed by atoms with Crippen molar-refractivity contribution >= 4 is 5.96 Å². The molecule has 2 saturated heterocycles. The molecule has 28 heavy (non-hydrogen) atoms. The van der Waals surface area contributed by atoms with Gasteiger partial charge in [0.15, 0.2) is 5.96 Å². The summed E-state index contributed by atoms with van der Waals surface area (Å²) in [7, 11) is 2.12. The zero-order valence-electron chi connectivity index (χ0n) is 16.5. The summed E-state index contributed by atoms with van der Waals surface area (Å²) in [6.07, 6.45) is -3.61. The van der Waals surface area contributed by atoms with Gasteiger partial charge < -0.3 is 19.9 Å². The molecule has 3 rings (SSSR count). The van der Waals surface area contributed by atoms with Crippen molar-refractivity contribution in [1.29, 1.82) is 0 Å². The van der Waals surface area contributed by atoms with Crippen molar-refractivity contribution in [1.82, 2.24) is 15.1 Å². The Morgan fingerprint density at radius 2 is 2.11 bits per heavy atom. The van der Waals surface area contributed by atoms with Crippen molar-refractivity contribution in [2.45, 2.75) is 25.6 Å². The number of likely N-dealkylation sites (tertiary alicyclic amines) is 1. The molecule has 0 spiro atoms. The minimum Gasteiger partial charge on any atom is -0.370 e. The second-order valence-electron chi connectivity index (χ2n) is 7.54. The molecule has 2 atom stereocenters. The summed E-state index contributed by atoms with van der Waals surface area (Å²) >= 11 is 0. The minimum absolute atomic E-state index is 0.405. The number of nitrogens with one attached hydrogen (secondary N) is 1. The third-order valence-electron chi connectivity index (χ3n) is 5.27. The monoisotopic (exact) mass is 398 g/mol. The van der Waals surface area contributed by atoms with Crippen molar-refractivity contribution in [3.05, 3.63) is 35.4 Å². The van der Waals surface area contributed by atoms with Gasteiger partial charge in [-0.05, 0) is 50.6 Å². The van der Waals surface area contributed by atoms with Crippen LogP contribution in [0.25, 0.3) is 0 Å². The number of guanidine groups is 1. The van der Waals surface area contributed by atoms with Gasteiger partial charge in [0.2, 0.25) is 0 Å². The SMILES string of the molecule is CCNC(=NCC1CCN(C)C1)N1CCOC(c2cccc(C(F)(F)F)c2)C1. The van der Waals surface area contributed by atoms with Gasteiger partial charge in [0.05, 0.1) is 18.7 Å². The average Bonchev–Trinajstić information content (AvgIpc) is 3.10. The standard InChI is InChI=1S/C20H29F3N4O/c1-3-24-19(25-12-15-7-8-26(2)13-15)27-9-10-28-18(14-27)16-5-4-6-17(11-16)20(21,22)23/h4-6,11,15,18H,3,7-10,12-14H2,1-2H3,(H,24,25). The highest BCUT2D eigenvalue weighted by Crippen LogP contribution is 2.32. The van der Waals surface area contributed by atoms with Gasteiger partial charge in [0.1, 0.15) is 6.10 Å². The molecule has 1 N–H and O–H groups in total. The minimum atomic E-state index is -4.35. The Labute approximate surface area is 164 Å². The molecule has 2 fully saturated rings. The number of morpholine rings is 1. The quantitative estimate of drug-likeness (QED) is 0.625. The number of alkyl halides is 3. The Morgan fingerprint density at radius 3 is 2.79 bits per heavy atom. The highest BCUT2D eigenvalue weighted by Gasteiger charge is 2.32. The first-order valence-electron chi connectivity index (χ1n) is 9.87. The molecule has 0 bridgehead atoms. The summed E-state index contributed by atoms with van der Waals surface area (Å²) in [4.78, 5) is 9.21. The Bertz CT molecular complexity index is 680. The topological polar surface area (TPSA) is 40.1 Å². The van der Waals surface area contributed by atoms with E-state index >= 15 is 0 Å². The Hall–Kier alpha value is -1.80. The van der Waals surface area contributed by atoms with Crippen LogP contribution in [0.4, 0.5) is 13.2 Å². The highest BCUT2D eigenvalue weighted by atomic mass is 19.4. The molecule has 0 saturated carbocycles. The second-order valence-corrected chi connectivity index (χ2v) is 7.54. The fraction of sp³-hybridized carbons (Fsp3) is 0.650. The van der Waals surface area contributed by atoms with E-state index in [4.69, 9.17) is 9.73 Å². The van der Waals surface area contributed by atoms with Crippen molar-refractivity contribution in [3.8, 4) is 0 Å². The van der Waals surface area contributed by atoms with E-state index in [1.807, 2.05) is 6.92 Å². The Morgan fingerprint density at radius 1 is 1.29 bits per heavy atom. The van der Waals surface area contributed by atoms with Gasteiger partial charge in [-0.25, -0.2) is 0 Å². The fourth-order valence-electron chi connectivity index (χ4n) is 3.78. The van der Waals surface area contributed by atoms with Crippen molar-refractivity contribution in [2.24, 2.45) is 10.9 Å². The van der Waals surface area contributed by atoms with E-state index in [9.17, 15) is 13.2 Å². The summed E-state index contributed by atoms with van der Waals surface area (Å²) in [6, 6.07) is 5.42. The summed E-state index contributed by atoms with van der Waals surface area (Å²) < 4.78 is 44.9. The van der Waals surface area contributed by atoms with Gasteiger partial charge in [0.25, 0.3) is 0 Å². The maximum atomic E-state index is 13.0. The molecule has 1 aromatic carbocycles. The van der Waals surface area contributed by atoms with Crippen LogP contribution in [0.15, 0.2) is 29.3 Å². The molecule has 0 radical (unpaired) electrons. The van der Waals surface area contributed by atoms with E-state index in [0.717, 1.165) is 44.6 Å². The molecule has 2 aliphatic heterocycles. The van der Waals surface area contributed by atoms with Crippen LogP contribution in [-0.4, -0.2) is 68.7 Å². The molecule has 0 aromatic heterocycles. The Kier molecular flexibility index (Phi) is 6.82. The van der Waals surface area contributed by atoms with Gasteiger partial charge in [-0.3, -0.25) is 4.99 Å². The summed E-state index contributed by atoms with van der Waals surface area (Å²) in [6.45, 7) is 7.29. The maximum Gasteiger partial charge on any atom is 0.416 e. The largest absolute Gasteiger partial charge is 0.416 e. The molecule has 0 aliphatic carbocycles. The molecule has 2 unspecified atom stereocenters. The normalized spacial score (nSPS) is 24.6. The first-order valence-corrected chi connectivity index (χ1v) is 9.87. The number of rotatable bonds is 4. The fourth-order valence-corrected chi connectivity index (χ4v) is 3.78. The number of aliphatic imine (C=N–C) groups is 1. The van der Waals surface area contributed by atoms with E-state index < -0.39 is 17.8 Å². The van der Waals surface area contributed by atoms with Crippen LogP contribution in [0.3, 0.4) is 0 Å². The van der Waals surface area contributed by atoms with Crippen LogP contribution < -0.4 is 5.32 Å². The van der Waals surface area contributed by atoms with Gasteiger partial charge in [-0.2, -0.15) is 13.2 Å². The van der Waals surface area contributed by atoms with Crippen LogP contribution in [0.5, 0.6) is 0 Å². The predicted molar refractivity (Wildman–Crippen MR) is 103 cm³/mol. The van der Waals surface area contributed by atoms with Crippen LogP contribution in [0, 0.1) is 5.92 Å². The van der Waals surface area contributed by atoms with Crippen LogP contribution in [0.2, 0.25) is 0 Å². The molecule has 0 amide bonds. The van der Waals surface area contributed by atoms with E-state index in [-0.39, 0.29) is 0 Å². The smallest absolute Gasteiger partial charge is 0.370 e. The van der Waals surface area contributed by atoms with Crippen molar-refractivity contribution in [3.63, 3.8) is 0 Å². The van der Waals surface area contributed by atoms with E-state index in [0.29, 0.717) is 31.2 Å². The van der Waals surface area contributed by atoms with Crippen LogP contribution >= 0.6 is 0 Å². The van der Waals surface area contributed by atoms with E-state index in [2.05, 4.69) is 22.2 Å². The number of nitrogens with zero attached hydrogens (tertiary/aromatic N) is 3. The van der Waals surface area contributed by atoms with Crippen LogP contribution in [-0.2, 0) is 10.9 Å². The third kappa shape index (κ3) is 5.38. The number of hydrogen-bond acceptors (Lipinski definition) is 3. The lowest BCUT2D eigenvalue weighted by atomic mass is 10.0. The number of halogens is 3. The summed E-state index contributed by atoms with van der Waals surface area (Å²) in [5.41, 5.74) is -0.0931. The first kappa shape index (κ1) is 20.9. The number of hydrogen-bond donors (Lipinski definition) is 1.